The number of amides is 1. The lowest BCUT2D eigenvalue weighted by Gasteiger charge is -2.15. The number of aromatic amines is 1. The van der Waals surface area contributed by atoms with Gasteiger partial charge in [0.2, 0.25) is 0 Å². The highest BCUT2D eigenvalue weighted by Crippen LogP contribution is 2.33. The highest BCUT2D eigenvalue weighted by Gasteiger charge is 2.24. The van der Waals surface area contributed by atoms with E-state index < -0.39 is 0 Å². The Balaban J connectivity index is 1.56. The molecule has 1 amide bonds. The molecule has 4 rings (SSSR count). The maximum Gasteiger partial charge on any atom is 0.289 e. The van der Waals surface area contributed by atoms with Gasteiger partial charge in [-0.15, -0.1) is 0 Å². The Morgan fingerprint density at radius 2 is 1.88 bits per heavy atom. The van der Waals surface area contributed by atoms with Gasteiger partial charge in [0.1, 0.15) is 5.69 Å². The van der Waals surface area contributed by atoms with Crippen LogP contribution in [0.5, 0.6) is 0 Å². The Bertz CT molecular complexity index is 999. The van der Waals surface area contributed by atoms with Gasteiger partial charge < -0.3 is 0 Å². The average Bonchev–Trinajstić information content (AvgIpc) is 3.11. The van der Waals surface area contributed by atoms with E-state index >= 15 is 0 Å². The Kier molecular flexibility index (Phi) is 4.13. The van der Waals surface area contributed by atoms with Crippen LogP contribution in [0.15, 0.2) is 53.6 Å². The molecule has 1 aliphatic rings. The standard InChI is InChI=1S/C21H20N4O/c1-13-7-9-15(10-8-13)14(2)22-25-21(26)20-18-12-11-16-5-3-4-6-17(16)19(18)23-24-20/h3-10H,11-12H2,1-2H3,(H,23,24)(H,25,26)/b22-14-. The van der Waals surface area contributed by atoms with Gasteiger partial charge in [0.25, 0.3) is 5.91 Å². The molecule has 5 nitrogen and oxygen atoms in total. The number of aromatic nitrogens is 2. The van der Waals surface area contributed by atoms with Crippen LogP contribution in [0.2, 0.25) is 0 Å². The summed E-state index contributed by atoms with van der Waals surface area (Å²) < 4.78 is 0. The number of rotatable bonds is 3. The van der Waals surface area contributed by atoms with E-state index in [0.717, 1.165) is 40.9 Å². The maximum absolute atomic E-state index is 12.6. The molecule has 2 N–H and O–H groups in total. The van der Waals surface area contributed by atoms with Gasteiger partial charge in [0.15, 0.2) is 0 Å². The molecule has 0 bridgehead atoms. The lowest BCUT2D eigenvalue weighted by molar-refractivity contribution is 0.0949. The molecule has 0 atom stereocenters. The van der Waals surface area contributed by atoms with Crippen molar-refractivity contribution >= 4 is 11.6 Å². The number of hydrogen-bond donors (Lipinski definition) is 2. The normalized spacial score (nSPS) is 13.1. The number of fused-ring (bicyclic) bond motifs is 3. The number of carbonyl (C=O) groups is 1. The number of benzene rings is 2. The third-order valence-corrected chi connectivity index (χ3v) is 4.81. The molecule has 0 unspecified atom stereocenters. The molecule has 130 valence electrons. The minimum Gasteiger partial charge on any atom is -0.272 e. The first-order chi connectivity index (χ1) is 12.6. The van der Waals surface area contributed by atoms with E-state index in [-0.39, 0.29) is 5.91 Å². The van der Waals surface area contributed by atoms with Crippen LogP contribution >= 0.6 is 0 Å². The fourth-order valence-corrected chi connectivity index (χ4v) is 3.30. The molecule has 5 heteroatoms. The summed E-state index contributed by atoms with van der Waals surface area (Å²) in [6.07, 6.45) is 1.71. The summed E-state index contributed by atoms with van der Waals surface area (Å²) in [4.78, 5) is 12.6. The van der Waals surface area contributed by atoms with Crippen LogP contribution in [0, 0.1) is 6.92 Å². The molecule has 0 saturated heterocycles. The van der Waals surface area contributed by atoms with Gasteiger partial charge in [-0.25, -0.2) is 5.43 Å². The predicted molar refractivity (Wildman–Crippen MR) is 102 cm³/mol. The minimum atomic E-state index is -0.260. The molecule has 2 aromatic carbocycles. The quantitative estimate of drug-likeness (QED) is 0.562. The Morgan fingerprint density at radius 1 is 1.12 bits per heavy atom. The summed E-state index contributed by atoms with van der Waals surface area (Å²) in [6, 6.07) is 16.2. The number of aryl methyl sites for hydroxylation is 2. The summed E-state index contributed by atoms with van der Waals surface area (Å²) in [5, 5.41) is 11.5. The molecule has 3 aromatic rings. The largest absolute Gasteiger partial charge is 0.289 e. The van der Waals surface area contributed by atoms with Crippen molar-refractivity contribution in [2.75, 3.05) is 0 Å². The van der Waals surface area contributed by atoms with Crippen molar-refractivity contribution in [1.82, 2.24) is 15.6 Å². The third kappa shape index (κ3) is 2.92. The molecule has 1 aliphatic carbocycles. The van der Waals surface area contributed by atoms with E-state index in [1.54, 1.807) is 0 Å². The van der Waals surface area contributed by atoms with Crippen molar-refractivity contribution < 1.29 is 4.79 Å². The zero-order valence-corrected chi connectivity index (χ0v) is 14.8. The van der Waals surface area contributed by atoms with E-state index in [2.05, 4.69) is 32.9 Å². The van der Waals surface area contributed by atoms with Crippen LogP contribution in [0.1, 0.15) is 39.7 Å². The number of hydrogen-bond acceptors (Lipinski definition) is 3. The van der Waals surface area contributed by atoms with Gasteiger partial charge in [-0.2, -0.15) is 10.2 Å². The smallest absolute Gasteiger partial charge is 0.272 e. The zero-order valence-electron chi connectivity index (χ0n) is 14.8. The fourth-order valence-electron chi connectivity index (χ4n) is 3.30. The highest BCUT2D eigenvalue weighted by atomic mass is 16.2. The highest BCUT2D eigenvalue weighted by molar-refractivity contribution is 6.01. The summed E-state index contributed by atoms with van der Waals surface area (Å²) in [7, 11) is 0. The van der Waals surface area contributed by atoms with Gasteiger partial charge in [-0.05, 0) is 37.8 Å². The predicted octanol–water partition coefficient (Wildman–Crippen LogP) is 3.64. The van der Waals surface area contributed by atoms with E-state index in [1.165, 1.54) is 11.1 Å². The summed E-state index contributed by atoms with van der Waals surface area (Å²) >= 11 is 0. The van der Waals surface area contributed by atoms with Crippen molar-refractivity contribution in [3.63, 3.8) is 0 Å². The van der Waals surface area contributed by atoms with E-state index in [0.29, 0.717) is 5.69 Å². The Hall–Kier alpha value is -3.21. The van der Waals surface area contributed by atoms with Gasteiger partial charge >= 0.3 is 0 Å². The SMILES string of the molecule is C/C(=N/NC(=O)c1[nH]nc2c1CCc1ccccc1-2)c1ccc(C)cc1. The molecular formula is C21H20N4O. The molecule has 0 aliphatic heterocycles. The molecule has 0 spiro atoms. The number of hydrazone groups is 1. The van der Waals surface area contributed by atoms with Crippen LogP contribution in [-0.2, 0) is 12.8 Å². The summed E-state index contributed by atoms with van der Waals surface area (Å²) in [5.74, 6) is -0.260. The first kappa shape index (κ1) is 16.3. The molecule has 0 radical (unpaired) electrons. The van der Waals surface area contributed by atoms with Crippen molar-refractivity contribution in [2.45, 2.75) is 26.7 Å². The van der Waals surface area contributed by atoms with Gasteiger partial charge in [0, 0.05) is 11.1 Å². The maximum atomic E-state index is 12.6. The monoisotopic (exact) mass is 344 g/mol. The van der Waals surface area contributed by atoms with Gasteiger partial charge in [-0.3, -0.25) is 9.89 Å². The zero-order chi connectivity index (χ0) is 18.1. The second kappa shape index (κ2) is 6.59. The summed E-state index contributed by atoms with van der Waals surface area (Å²) in [6.45, 7) is 3.92. The topological polar surface area (TPSA) is 70.1 Å². The average molecular weight is 344 g/mol. The van der Waals surface area contributed by atoms with Crippen LogP contribution in [0.3, 0.4) is 0 Å². The van der Waals surface area contributed by atoms with Gasteiger partial charge in [0.05, 0.1) is 11.4 Å². The van der Waals surface area contributed by atoms with Crippen molar-refractivity contribution in [1.29, 1.82) is 0 Å². The second-order valence-corrected chi connectivity index (χ2v) is 6.59. The molecular weight excluding hydrogens is 324 g/mol. The van der Waals surface area contributed by atoms with Crippen LogP contribution in [-0.4, -0.2) is 21.8 Å². The Morgan fingerprint density at radius 3 is 2.69 bits per heavy atom. The molecule has 0 fully saturated rings. The molecule has 1 heterocycles. The van der Waals surface area contributed by atoms with E-state index in [4.69, 9.17) is 0 Å². The van der Waals surface area contributed by atoms with Crippen LogP contribution in [0.4, 0.5) is 0 Å². The van der Waals surface area contributed by atoms with Crippen LogP contribution in [0.25, 0.3) is 11.3 Å². The fraction of sp³-hybridized carbons (Fsp3) is 0.190. The molecule has 26 heavy (non-hydrogen) atoms. The van der Waals surface area contributed by atoms with Crippen molar-refractivity contribution in [3.8, 4) is 11.3 Å². The first-order valence-electron chi connectivity index (χ1n) is 8.70. The number of carbonyl (C=O) groups excluding carboxylic acids is 1. The Labute approximate surface area is 152 Å². The molecule has 0 saturated carbocycles. The number of nitrogens with one attached hydrogen (secondary N) is 2. The van der Waals surface area contributed by atoms with Crippen molar-refractivity contribution in [3.05, 3.63) is 76.5 Å². The second-order valence-electron chi connectivity index (χ2n) is 6.59. The first-order valence-corrected chi connectivity index (χ1v) is 8.70. The molecule has 1 aromatic heterocycles. The van der Waals surface area contributed by atoms with Crippen LogP contribution < -0.4 is 5.43 Å². The number of H-pyrrole nitrogens is 1. The minimum absolute atomic E-state index is 0.260. The third-order valence-electron chi connectivity index (χ3n) is 4.81. The van der Waals surface area contributed by atoms with E-state index in [9.17, 15) is 4.79 Å². The number of nitrogens with zero attached hydrogens (tertiary/aromatic N) is 2. The summed E-state index contributed by atoms with van der Waals surface area (Å²) in [5.41, 5.74) is 10.3. The van der Waals surface area contributed by atoms with Gasteiger partial charge in [-0.1, -0.05) is 54.1 Å². The van der Waals surface area contributed by atoms with E-state index in [1.807, 2.05) is 50.2 Å². The lowest BCUT2D eigenvalue weighted by atomic mass is 9.89. The lowest BCUT2D eigenvalue weighted by Crippen LogP contribution is -2.21. The van der Waals surface area contributed by atoms with Crippen molar-refractivity contribution in [2.24, 2.45) is 5.10 Å².